The minimum atomic E-state index is -0.376. The van der Waals surface area contributed by atoms with Crippen LogP contribution in [0.15, 0.2) is 32.4 Å². The maximum absolute atomic E-state index is 11.7. The monoisotopic (exact) mass is 324 g/mol. The highest BCUT2D eigenvalue weighted by Gasteiger charge is 2.09. The lowest BCUT2D eigenvalue weighted by atomic mass is 10.1. The molecular formula is C15H17ClN2O2S. The number of aliphatic imine (C=N–C) groups is 1. The van der Waals surface area contributed by atoms with Gasteiger partial charge in [0.15, 0.2) is 5.17 Å². The molecule has 2 N–H and O–H groups in total. The standard InChI is InChI=1S/C15H17ClN2O2S/c1-8(2)18-15(17)21-7-10-5-14(19)20-13-4-9(3)12(16)6-11(10)13/h4-6,8H,7H2,1-3H3,(H2,17,18). The second-order valence-corrected chi connectivity index (χ2v) is 6.44. The van der Waals surface area contributed by atoms with Crippen LogP contribution >= 0.6 is 23.4 Å². The summed E-state index contributed by atoms with van der Waals surface area (Å²) in [7, 11) is 0. The van der Waals surface area contributed by atoms with E-state index in [0.29, 0.717) is 21.5 Å². The van der Waals surface area contributed by atoms with Crippen molar-refractivity contribution >= 4 is 39.5 Å². The van der Waals surface area contributed by atoms with Crippen molar-refractivity contribution in [3.63, 3.8) is 0 Å². The summed E-state index contributed by atoms with van der Waals surface area (Å²) in [6, 6.07) is 5.22. The maximum Gasteiger partial charge on any atom is 0.336 e. The first-order valence-corrected chi connectivity index (χ1v) is 7.92. The quantitative estimate of drug-likeness (QED) is 0.531. The van der Waals surface area contributed by atoms with Crippen LogP contribution in [0, 0.1) is 6.92 Å². The first kappa shape index (κ1) is 15.9. The van der Waals surface area contributed by atoms with E-state index in [4.69, 9.17) is 21.8 Å². The molecule has 21 heavy (non-hydrogen) atoms. The molecule has 0 bridgehead atoms. The Morgan fingerprint density at radius 1 is 1.43 bits per heavy atom. The average molecular weight is 325 g/mol. The first-order chi connectivity index (χ1) is 9.86. The summed E-state index contributed by atoms with van der Waals surface area (Å²) in [6.07, 6.45) is 0. The molecule has 0 radical (unpaired) electrons. The van der Waals surface area contributed by atoms with Crippen LogP contribution in [0.2, 0.25) is 5.02 Å². The number of halogens is 1. The van der Waals surface area contributed by atoms with E-state index in [1.54, 1.807) is 6.07 Å². The molecular weight excluding hydrogens is 308 g/mol. The number of benzene rings is 1. The molecule has 0 atom stereocenters. The topological polar surface area (TPSA) is 68.6 Å². The minimum Gasteiger partial charge on any atom is -0.423 e. The van der Waals surface area contributed by atoms with Gasteiger partial charge in [-0.2, -0.15) is 0 Å². The Balaban J connectivity index is 2.39. The molecule has 4 nitrogen and oxygen atoms in total. The van der Waals surface area contributed by atoms with Gasteiger partial charge in [0, 0.05) is 28.3 Å². The number of hydrogen-bond donors (Lipinski definition) is 1. The molecule has 112 valence electrons. The largest absolute Gasteiger partial charge is 0.423 e. The predicted molar refractivity (Wildman–Crippen MR) is 90.3 cm³/mol. The summed E-state index contributed by atoms with van der Waals surface area (Å²) in [5.74, 6) is 0.545. The van der Waals surface area contributed by atoms with Crippen molar-refractivity contribution in [3.05, 3.63) is 44.8 Å². The number of nitrogens with two attached hydrogens (primary N) is 1. The lowest BCUT2D eigenvalue weighted by molar-refractivity contribution is 0.559. The minimum absolute atomic E-state index is 0.146. The zero-order valence-corrected chi connectivity index (χ0v) is 13.7. The fraction of sp³-hybridized carbons (Fsp3) is 0.333. The fourth-order valence-electron chi connectivity index (χ4n) is 1.91. The summed E-state index contributed by atoms with van der Waals surface area (Å²) < 4.78 is 5.22. The predicted octanol–water partition coefficient (Wildman–Crippen LogP) is 3.71. The fourth-order valence-corrected chi connectivity index (χ4v) is 2.90. The molecule has 0 unspecified atom stereocenters. The van der Waals surface area contributed by atoms with Crippen LogP contribution in [0.1, 0.15) is 25.0 Å². The lowest BCUT2D eigenvalue weighted by Crippen LogP contribution is -2.10. The Labute approximate surface area is 132 Å². The van der Waals surface area contributed by atoms with Gasteiger partial charge in [-0.15, -0.1) is 0 Å². The van der Waals surface area contributed by atoms with Crippen LogP contribution < -0.4 is 11.4 Å². The second-order valence-electron chi connectivity index (χ2n) is 5.04. The third-order valence-corrected chi connectivity index (χ3v) is 4.13. The van der Waals surface area contributed by atoms with Crippen molar-refractivity contribution in [1.82, 2.24) is 0 Å². The maximum atomic E-state index is 11.7. The SMILES string of the molecule is Cc1cc2oc(=O)cc(CSC(N)=NC(C)C)c2cc1Cl. The van der Waals surface area contributed by atoms with Gasteiger partial charge in [-0.1, -0.05) is 23.4 Å². The number of hydrogen-bond acceptors (Lipinski definition) is 4. The molecule has 0 saturated heterocycles. The third kappa shape index (κ3) is 4.02. The molecule has 1 aromatic heterocycles. The molecule has 0 aliphatic heterocycles. The molecule has 1 aromatic carbocycles. The second kappa shape index (κ2) is 6.54. The van der Waals surface area contributed by atoms with Crippen molar-refractivity contribution in [3.8, 4) is 0 Å². The van der Waals surface area contributed by atoms with E-state index in [9.17, 15) is 4.79 Å². The van der Waals surface area contributed by atoms with Gasteiger partial charge in [-0.05, 0) is 44.0 Å². The van der Waals surface area contributed by atoms with Crippen LogP contribution in [0.3, 0.4) is 0 Å². The number of fused-ring (bicyclic) bond motifs is 1. The van der Waals surface area contributed by atoms with E-state index >= 15 is 0 Å². The molecule has 2 rings (SSSR count). The Morgan fingerprint density at radius 3 is 2.81 bits per heavy atom. The normalized spacial score (nSPS) is 12.3. The van der Waals surface area contributed by atoms with Crippen molar-refractivity contribution < 1.29 is 4.42 Å². The van der Waals surface area contributed by atoms with Crippen LogP contribution in [0.4, 0.5) is 0 Å². The van der Waals surface area contributed by atoms with Crippen molar-refractivity contribution in [1.29, 1.82) is 0 Å². The summed E-state index contributed by atoms with van der Waals surface area (Å²) in [4.78, 5) is 15.9. The molecule has 0 saturated carbocycles. The highest BCUT2D eigenvalue weighted by Crippen LogP contribution is 2.27. The Bertz CT molecular complexity index is 753. The summed E-state index contributed by atoms with van der Waals surface area (Å²) in [6.45, 7) is 5.79. The Morgan fingerprint density at radius 2 is 2.14 bits per heavy atom. The third-order valence-electron chi connectivity index (χ3n) is 2.87. The smallest absolute Gasteiger partial charge is 0.336 e. The lowest BCUT2D eigenvalue weighted by Gasteiger charge is -2.07. The highest BCUT2D eigenvalue weighted by atomic mass is 35.5. The van der Waals surface area contributed by atoms with Gasteiger partial charge in [-0.3, -0.25) is 4.99 Å². The molecule has 2 aromatic rings. The van der Waals surface area contributed by atoms with Gasteiger partial charge in [0.1, 0.15) is 5.58 Å². The van der Waals surface area contributed by atoms with Gasteiger partial charge in [0.05, 0.1) is 0 Å². The number of nitrogens with zero attached hydrogens (tertiary/aromatic N) is 1. The van der Waals surface area contributed by atoms with E-state index in [-0.39, 0.29) is 11.7 Å². The number of aryl methyl sites for hydroxylation is 1. The zero-order chi connectivity index (χ0) is 15.6. The van der Waals surface area contributed by atoms with E-state index in [1.165, 1.54) is 17.8 Å². The highest BCUT2D eigenvalue weighted by molar-refractivity contribution is 8.13. The molecule has 0 spiro atoms. The zero-order valence-electron chi connectivity index (χ0n) is 12.1. The van der Waals surface area contributed by atoms with Crippen LogP contribution in [-0.4, -0.2) is 11.2 Å². The molecule has 6 heteroatoms. The summed E-state index contributed by atoms with van der Waals surface area (Å²) in [5.41, 5.74) is 7.73. The van der Waals surface area contributed by atoms with E-state index in [2.05, 4.69) is 4.99 Å². The van der Waals surface area contributed by atoms with E-state index < -0.39 is 0 Å². The van der Waals surface area contributed by atoms with Crippen molar-refractivity contribution in [2.24, 2.45) is 10.7 Å². The van der Waals surface area contributed by atoms with Gasteiger partial charge < -0.3 is 10.2 Å². The molecule has 0 fully saturated rings. The molecule has 0 aliphatic carbocycles. The van der Waals surface area contributed by atoms with E-state index in [1.807, 2.05) is 26.8 Å². The Kier molecular flexibility index (Phi) is 4.96. The van der Waals surface area contributed by atoms with Gasteiger partial charge in [0.25, 0.3) is 0 Å². The van der Waals surface area contributed by atoms with Gasteiger partial charge >= 0.3 is 5.63 Å². The average Bonchev–Trinajstić information content (AvgIpc) is 2.37. The van der Waals surface area contributed by atoms with Crippen LogP contribution in [0.25, 0.3) is 11.0 Å². The van der Waals surface area contributed by atoms with E-state index in [0.717, 1.165) is 16.5 Å². The first-order valence-electron chi connectivity index (χ1n) is 6.55. The number of amidine groups is 1. The van der Waals surface area contributed by atoms with Crippen molar-refractivity contribution in [2.45, 2.75) is 32.6 Å². The van der Waals surface area contributed by atoms with Crippen LogP contribution in [-0.2, 0) is 5.75 Å². The van der Waals surface area contributed by atoms with Crippen LogP contribution in [0.5, 0.6) is 0 Å². The number of rotatable bonds is 3. The number of thioether (sulfide) groups is 1. The summed E-state index contributed by atoms with van der Waals surface area (Å²) in [5, 5.41) is 1.98. The molecule has 0 amide bonds. The summed E-state index contributed by atoms with van der Waals surface area (Å²) >= 11 is 7.55. The van der Waals surface area contributed by atoms with Gasteiger partial charge in [-0.25, -0.2) is 4.79 Å². The molecule has 0 aliphatic rings. The Hall–Kier alpha value is -1.46. The van der Waals surface area contributed by atoms with Gasteiger partial charge in [0.2, 0.25) is 0 Å². The van der Waals surface area contributed by atoms with Crippen molar-refractivity contribution in [2.75, 3.05) is 0 Å². The molecule has 1 heterocycles.